The molecule has 0 saturated heterocycles. The molecule has 4 heteroatoms. The molecule has 1 heterocycles. The van der Waals surface area contributed by atoms with E-state index in [1.807, 2.05) is 19.9 Å². The lowest BCUT2D eigenvalue weighted by Crippen LogP contribution is -2.06. The van der Waals surface area contributed by atoms with Gasteiger partial charge in [0.15, 0.2) is 0 Å². The van der Waals surface area contributed by atoms with E-state index in [1.165, 1.54) is 12.1 Å². The second kappa shape index (κ2) is 4.35. The topological polar surface area (TPSA) is 40.7 Å². The van der Waals surface area contributed by atoms with Gasteiger partial charge in [0.2, 0.25) is 0 Å². The summed E-state index contributed by atoms with van der Waals surface area (Å²) in [7, 11) is 0. The lowest BCUT2D eigenvalue weighted by atomic mass is 10.2. The van der Waals surface area contributed by atoms with Crippen LogP contribution in [-0.2, 0) is 0 Å². The molecular weight excluding hydrogens is 205 g/mol. The van der Waals surface area contributed by atoms with E-state index in [9.17, 15) is 4.39 Å². The van der Waals surface area contributed by atoms with E-state index in [0.29, 0.717) is 0 Å². The van der Waals surface area contributed by atoms with E-state index in [2.05, 4.69) is 15.5 Å². The highest BCUT2D eigenvalue weighted by Gasteiger charge is 2.08. The van der Waals surface area contributed by atoms with Crippen molar-refractivity contribution in [2.75, 3.05) is 5.32 Å². The number of nitrogens with zero attached hydrogens (tertiary/aromatic N) is 1. The Morgan fingerprint density at radius 2 is 2.00 bits per heavy atom. The van der Waals surface area contributed by atoms with Gasteiger partial charge in [-0.3, -0.25) is 5.10 Å². The maximum Gasteiger partial charge on any atom is 0.123 e. The zero-order valence-corrected chi connectivity index (χ0v) is 9.29. The number of halogens is 1. The van der Waals surface area contributed by atoms with Crippen LogP contribution in [-0.4, -0.2) is 10.2 Å². The van der Waals surface area contributed by atoms with Crippen LogP contribution >= 0.6 is 0 Å². The highest BCUT2D eigenvalue weighted by molar-refractivity contribution is 5.44. The van der Waals surface area contributed by atoms with Crippen LogP contribution in [0.5, 0.6) is 0 Å². The first-order valence-corrected chi connectivity index (χ1v) is 5.19. The predicted molar refractivity (Wildman–Crippen MR) is 61.8 cm³/mol. The number of H-pyrrole nitrogens is 1. The molecule has 1 aromatic carbocycles. The largest absolute Gasteiger partial charge is 0.377 e. The fraction of sp³-hybridized carbons (Fsp3) is 0.250. The lowest BCUT2D eigenvalue weighted by molar-refractivity contribution is 0.628. The van der Waals surface area contributed by atoms with E-state index < -0.39 is 0 Å². The number of anilines is 1. The number of nitrogens with one attached hydrogen (secondary N) is 2. The van der Waals surface area contributed by atoms with Gasteiger partial charge >= 0.3 is 0 Å². The molecule has 0 amide bonds. The summed E-state index contributed by atoms with van der Waals surface area (Å²) in [5, 5.41) is 10.3. The Balaban J connectivity index is 2.07. The van der Waals surface area contributed by atoms with Crippen molar-refractivity contribution in [3.63, 3.8) is 0 Å². The maximum atomic E-state index is 12.7. The Bertz CT molecular complexity index is 461. The number of aryl methyl sites for hydroxylation is 1. The van der Waals surface area contributed by atoms with Crippen LogP contribution in [0.4, 0.5) is 10.1 Å². The standard InChI is InChI=1S/C12H14FN3/c1-8-7-12(16-15-8)9(2)14-11-5-3-10(13)4-6-11/h3-7,9,14H,1-2H3,(H,15,16). The second-order valence-corrected chi connectivity index (χ2v) is 3.85. The quantitative estimate of drug-likeness (QED) is 0.833. The summed E-state index contributed by atoms with van der Waals surface area (Å²) in [6.45, 7) is 3.97. The van der Waals surface area contributed by atoms with Crippen molar-refractivity contribution in [1.29, 1.82) is 0 Å². The number of aromatic amines is 1. The van der Waals surface area contributed by atoms with E-state index in [1.54, 1.807) is 12.1 Å². The van der Waals surface area contributed by atoms with Gasteiger partial charge in [-0.2, -0.15) is 5.10 Å². The van der Waals surface area contributed by atoms with E-state index in [4.69, 9.17) is 0 Å². The SMILES string of the molecule is Cc1cc(C(C)Nc2ccc(F)cc2)n[nH]1. The molecular formula is C12H14FN3. The van der Waals surface area contributed by atoms with Gasteiger partial charge in [0.05, 0.1) is 11.7 Å². The fourth-order valence-corrected chi connectivity index (χ4v) is 1.53. The minimum absolute atomic E-state index is 0.0930. The second-order valence-electron chi connectivity index (χ2n) is 3.85. The minimum Gasteiger partial charge on any atom is -0.377 e. The number of hydrogen-bond acceptors (Lipinski definition) is 2. The van der Waals surface area contributed by atoms with Crippen LogP contribution in [0.3, 0.4) is 0 Å². The number of hydrogen-bond donors (Lipinski definition) is 2. The number of rotatable bonds is 3. The zero-order valence-electron chi connectivity index (χ0n) is 9.29. The molecule has 1 unspecified atom stereocenters. The first-order valence-electron chi connectivity index (χ1n) is 5.19. The molecule has 1 atom stereocenters. The Kier molecular flexibility index (Phi) is 2.90. The third-order valence-electron chi connectivity index (χ3n) is 2.40. The molecule has 0 radical (unpaired) electrons. The lowest BCUT2D eigenvalue weighted by Gasteiger charge is -2.12. The van der Waals surface area contributed by atoms with Crippen LogP contribution < -0.4 is 5.32 Å². The summed E-state index contributed by atoms with van der Waals surface area (Å²) in [4.78, 5) is 0. The van der Waals surface area contributed by atoms with Crippen molar-refractivity contribution < 1.29 is 4.39 Å². The van der Waals surface area contributed by atoms with Crippen LogP contribution in [0, 0.1) is 12.7 Å². The van der Waals surface area contributed by atoms with Crippen LogP contribution in [0.2, 0.25) is 0 Å². The molecule has 16 heavy (non-hydrogen) atoms. The van der Waals surface area contributed by atoms with E-state index in [0.717, 1.165) is 17.1 Å². The molecule has 0 aliphatic rings. The van der Waals surface area contributed by atoms with Crippen LogP contribution in [0.15, 0.2) is 30.3 Å². The van der Waals surface area contributed by atoms with Crippen LogP contribution in [0.25, 0.3) is 0 Å². The Morgan fingerprint density at radius 3 is 2.56 bits per heavy atom. The van der Waals surface area contributed by atoms with Crippen molar-refractivity contribution in [1.82, 2.24) is 10.2 Å². The van der Waals surface area contributed by atoms with E-state index >= 15 is 0 Å². The summed E-state index contributed by atoms with van der Waals surface area (Å²) in [6.07, 6.45) is 0. The minimum atomic E-state index is -0.228. The summed E-state index contributed by atoms with van der Waals surface area (Å²) in [5.41, 5.74) is 2.86. The normalized spacial score (nSPS) is 12.4. The summed E-state index contributed by atoms with van der Waals surface area (Å²) >= 11 is 0. The molecule has 1 aromatic heterocycles. The summed E-state index contributed by atoms with van der Waals surface area (Å²) < 4.78 is 12.7. The first kappa shape index (κ1) is 10.7. The molecule has 0 saturated carbocycles. The third-order valence-corrected chi connectivity index (χ3v) is 2.40. The number of benzene rings is 1. The monoisotopic (exact) mass is 219 g/mol. The highest BCUT2D eigenvalue weighted by atomic mass is 19.1. The van der Waals surface area contributed by atoms with Crippen molar-refractivity contribution in [2.24, 2.45) is 0 Å². The van der Waals surface area contributed by atoms with E-state index in [-0.39, 0.29) is 11.9 Å². The van der Waals surface area contributed by atoms with Gasteiger partial charge < -0.3 is 5.32 Å². The molecule has 0 spiro atoms. The maximum absolute atomic E-state index is 12.7. The fourth-order valence-electron chi connectivity index (χ4n) is 1.53. The van der Waals surface area contributed by atoms with Crippen molar-refractivity contribution in [3.8, 4) is 0 Å². The van der Waals surface area contributed by atoms with Crippen LogP contribution in [0.1, 0.15) is 24.4 Å². The third kappa shape index (κ3) is 2.39. The smallest absolute Gasteiger partial charge is 0.123 e. The van der Waals surface area contributed by atoms with Crippen molar-refractivity contribution in [3.05, 3.63) is 47.5 Å². The summed E-state index contributed by atoms with van der Waals surface area (Å²) in [6, 6.07) is 8.38. The van der Waals surface area contributed by atoms with Gasteiger partial charge in [-0.15, -0.1) is 0 Å². The molecule has 0 aliphatic carbocycles. The zero-order chi connectivity index (χ0) is 11.5. The van der Waals surface area contributed by atoms with Gasteiger partial charge in [0.1, 0.15) is 5.82 Å². The Hall–Kier alpha value is -1.84. The van der Waals surface area contributed by atoms with Gasteiger partial charge in [-0.05, 0) is 44.2 Å². The molecule has 0 bridgehead atoms. The predicted octanol–water partition coefficient (Wildman–Crippen LogP) is 3.03. The summed E-state index contributed by atoms with van der Waals surface area (Å²) in [5.74, 6) is -0.228. The Labute approximate surface area is 93.7 Å². The molecule has 2 rings (SSSR count). The molecule has 0 aliphatic heterocycles. The first-order chi connectivity index (χ1) is 7.65. The average molecular weight is 219 g/mol. The van der Waals surface area contributed by atoms with Crippen molar-refractivity contribution >= 4 is 5.69 Å². The molecule has 84 valence electrons. The molecule has 2 aromatic rings. The highest BCUT2D eigenvalue weighted by Crippen LogP contribution is 2.18. The number of aromatic nitrogens is 2. The van der Waals surface area contributed by atoms with Crippen molar-refractivity contribution in [2.45, 2.75) is 19.9 Å². The van der Waals surface area contributed by atoms with Gasteiger partial charge in [-0.25, -0.2) is 4.39 Å². The molecule has 0 fully saturated rings. The van der Waals surface area contributed by atoms with Gasteiger partial charge in [0, 0.05) is 11.4 Å². The van der Waals surface area contributed by atoms with Gasteiger partial charge in [0.25, 0.3) is 0 Å². The molecule has 2 N–H and O–H groups in total. The van der Waals surface area contributed by atoms with Gasteiger partial charge in [-0.1, -0.05) is 0 Å². The Morgan fingerprint density at radius 1 is 1.31 bits per heavy atom. The average Bonchev–Trinajstić information content (AvgIpc) is 2.68. The molecule has 3 nitrogen and oxygen atoms in total.